The number of hydrogen-bond donors (Lipinski definition) is 1. The Bertz CT molecular complexity index is 1020. The van der Waals surface area contributed by atoms with Crippen LogP contribution in [0.2, 0.25) is 0 Å². The maximum absolute atomic E-state index is 11.9. The van der Waals surface area contributed by atoms with Crippen LogP contribution in [-0.2, 0) is 31.2 Å². The molecule has 1 spiro atoms. The van der Waals surface area contributed by atoms with Gasteiger partial charge in [0.2, 0.25) is 0 Å². The lowest BCUT2D eigenvalue weighted by atomic mass is 9.53. The van der Waals surface area contributed by atoms with Crippen LogP contribution in [0.1, 0.15) is 30.9 Å². The molecule has 8 nitrogen and oxygen atoms in total. The molecule has 5 unspecified atom stereocenters. The molecule has 5 rings (SSSR count). The Morgan fingerprint density at radius 1 is 1.38 bits per heavy atom. The summed E-state index contributed by atoms with van der Waals surface area (Å²) in [6, 6.07) is 3.97. The standard InChI is InChI=1S/C20H23NO7S/c1-3-16(22)26-14-6-4-11-10-13-12-5-7-15(28-29(23,24)25)19-20(12,8-9-21(13)2)17(11)18(14)27-19/h4-7,12-13,15,19H,3,8-10H2,1-2H3,(H,23,24,25). The van der Waals surface area contributed by atoms with Gasteiger partial charge in [0, 0.05) is 29.4 Å². The van der Waals surface area contributed by atoms with Crippen LogP contribution in [0, 0.1) is 5.92 Å². The number of piperidine rings is 1. The predicted molar refractivity (Wildman–Crippen MR) is 102 cm³/mol. The molecule has 2 heterocycles. The molecule has 4 aliphatic rings. The molecule has 1 aromatic rings. The van der Waals surface area contributed by atoms with Crippen LogP contribution < -0.4 is 9.47 Å². The molecular weight excluding hydrogens is 398 g/mol. The number of ether oxygens (including phenoxy) is 2. The molecule has 156 valence electrons. The van der Waals surface area contributed by atoms with Gasteiger partial charge in [-0.1, -0.05) is 25.1 Å². The molecule has 2 aliphatic carbocycles. The van der Waals surface area contributed by atoms with E-state index in [-0.39, 0.29) is 24.3 Å². The summed E-state index contributed by atoms with van der Waals surface area (Å²) in [4.78, 5) is 14.3. The third-order valence-corrected chi connectivity index (χ3v) is 7.33. The second kappa shape index (κ2) is 6.28. The molecule has 2 bridgehead atoms. The van der Waals surface area contributed by atoms with E-state index in [1.54, 1.807) is 19.1 Å². The van der Waals surface area contributed by atoms with Crippen molar-refractivity contribution in [1.29, 1.82) is 0 Å². The molecular formula is C20H23NO7S. The summed E-state index contributed by atoms with van der Waals surface area (Å²) in [6.07, 6.45) is 3.88. The largest absolute Gasteiger partial charge is 0.482 e. The van der Waals surface area contributed by atoms with Gasteiger partial charge in [0.25, 0.3) is 0 Å². The normalized spacial score (nSPS) is 34.4. The minimum Gasteiger partial charge on any atom is -0.482 e. The maximum Gasteiger partial charge on any atom is 0.398 e. The third kappa shape index (κ3) is 2.68. The Balaban J connectivity index is 1.69. The summed E-state index contributed by atoms with van der Waals surface area (Å²) < 4.78 is 49.0. The van der Waals surface area contributed by atoms with Crippen molar-refractivity contribution in [3.8, 4) is 11.5 Å². The quantitative estimate of drug-likeness (QED) is 0.339. The first kappa shape index (κ1) is 19.0. The summed E-state index contributed by atoms with van der Waals surface area (Å²) in [5.74, 6) is 0.587. The molecule has 9 heteroatoms. The molecule has 2 aliphatic heterocycles. The van der Waals surface area contributed by atoms with Crippen molar-refractivity contribution < 1.29 is 31.4 Å². The number of nitrogens with zero attached hydrogens (tertiary/aromatic N) is 1. The monoisotopic (exact) mass is 421 g/mol. The average molecular weight is 421 g/mol. The summed E-state index contributed by atoms with van der Waals surface area (Å²) in [5, 5.41) is 0. The maximum atomic E-state index is 11.9. The molecule has 0 radical (unpaired) electrons. The fourth-order valence-electron chi connectivity index (χ4n) is 5.71. The van der Waals surface area contributed by atoms with E-state index in [1.165, 1.54) is 0 Å². The number of carbonyl (C=O) groups excluding carboxylic acids is 1. The number of esters is 1. The molecule has 1 fully saturated rings. The topological polar surface area (TPSA) is 102 Å². The molecule has 1 saturated heterocycles. The Labute approximate surface area is 169 Å². The summed E-state index contributed by atoms with van der Waals surface area (Å²) in [6.45, 7) is 2.54. The summed E-state index contributed by atoms with van der Waals surface area (Å²) in [5.41, 5.74) is 1.62. The predicted octanol–water partition coefficient (Wildman–Crippen LogP) is 1.64. The highest BCUT2D eigenvalue weighted by Gasteiger charge is 2.65. The number of rotatable bonds is 4. The van der Waals surface area contributed by atoms with Crippen LogP contribution in [0.3, 0.4) is 0 Å². The van der Waals surface area contributed by atoms with Crippen LogP contribution in [0.5, 0.6) is 11.5 Å². The van der Waals surface area contributed by atoms with E-state index in [0.29, 0.717) is 11.5 Å². The van der Waals surface area contributed by atoms with Crippen LogP contribution in [0.25, 0.3) is 0 Å². The molecule has 1 N–H and O–H groups in total. The zero-order valence-electron chi connectivity index (χ0n) is 16.2. The van der Waals surface area contributed by atoms with E-state index in [4.69, 9.17) is 13.7 Å². The van der Waals surface area contributed by atoms with Gasteiger partial charge in [-0.2, -0.15) is 8.42 Å². The van der Waals surface area contributed by atoms with E-state index < -0.39 is 28.0 Å². The molecule has 5 atom stereocenters. The van der Waals surface area contributed by atoms with Gasteiger partial charge in [-0.3, -0.25) is 9.35 Å². The van der Waals surface area contributed by atoms with Gasteiger partial charge in [-0.15, -0.1) is 0 Å². The highest BCUT2D eigenvalue weighted by molar-refractivity contribution is 7.80. The van der Waals surface area contributed by atoms with Crippen molar-refractivity contribution in [2.45, 2.75) is 49.9 Å². The molecule has 1 aromatic carbocycles. The van der Waals surface area contributed by atoms with Crippen LogP contribution in [0.15, 0.2) is 24.3 Å². The zero-order valence-corrected chi connectivity index (χ0v) is 17.0. The van der Waals surface area contributed by atoms with E-state index in [0.717, 1.165) is 30.5 Å². The van der Waals surface area contributed by atoms with Crippen molar-refractivity contribution in [3.05, 3.63) is 35.4 Å². The van der Waals surface area contributed by atoms with Crippen molar-refractivity contribution in [2.75, 3.05) is 13.6 Å². The SMILES string of the molecule is CCC(=O)Oc1ccc2c3c1OC1C(OS(=O)(=O)O)C=CC4C(C2)N(C)CCC341. The van der Waals surface area contributed by atoms with Gasteiger partial charge in [-0.05, 0) is 38.1 Å². The van der Waals surface area contributed by atoms with Gasteiger partial charge in [0.1, 0.15) is 12.2 Å². The van der Waals surface area contributed by atoms with Crippen LogP contribution >= 0.6 is 0 Å². The minimum absolute atomic E-state index is 0.110. The third-order valence-electron chi connectivity index (χ3n) is 6.86. The summed E-state index contributed by atoms with van der Waals surface area (Å²) in [7, 11) is -2.56. The molecule has 0 aromatic heterocycles. The van der Waals surface area contributed by atoms with E-state index in [9.17, 15) is 17.8 Å². The van der Waals surface area contributed by atoms with E-state index >= 15 is 0 Å². The van der Waals surface area contributed by atoms with Crippen LogP contribution in [0.4, 0.5) is 0 Å². The minimum atomic E-state index is -4.66. The zero-order chi connectivity index (χ0) is 20.6. The Hall–Kier alpha value is -1.94. The first-order valence-electron chi connectivity index (χ1n) is 9.82. The molecule has 29 heavy (non-hydrogen) atoms. The fraction of sp³-hybridized carbons (Fsp3) is 0.550. The van der Waals surface area contributed by atoms with E-state index in [1.807, 2.05) is 12.1 Å². The first-order valence-corrected chi connectivity index (χ1v) is 11.2. The number of likely N-dealkylation sites (tertiary alicyclic amines) is 1. The van der Waals surface area contributed by atoms with Gasteiger partial charge in [0.15, 0.2) is 11.5 Å². The Morgan fingerprint density at radius 3 is 2.90 bits per heavy atom. The number of carbonyl (C=O) groups is 1. The first-order chi connectivity index (χ1) is 13.7. The molecule has 0 amide bonds. The lowest BCUT2D eigenvalue weighted by Crippen LogP contribution is -2.65. The van der Waals surface area contributed by atoms with E-state index in [2.05, 4.69) is 11.9 Å². The number of benzene rings is 1. The van der Waals surface area contributed by atoms with Gasteiger partial charge in [0.05, 0.1) is 0 Å². The van der Waals surface area contributed by atoms with Gasteiger partial charge >= 0.3 is 16.4 Å². The number of hydrogen-bond acceptors (Lipinski definition) is 7. The second-order valence-corrected chi connectivity index (χ2v) is 9.28. The number of likely N-dealkylation sites (N-methyl/N-ethyl adjacent to an activating group) is 1. The highest BCUT2D eigenvalue weighted by atomic mass is 32.3. The lowest BCUT2D eigenvalue weighted by molar-refractivity contribution is -0.134. The Morgan fingerprint density at radius 2 is 2.17 bits per heavy atom. The fourth-order valence-corrected chi connectivity index (χ4v) is 6.15. The summed E-state index contributed by atoms with van der Waals surface area (Å²) >= 11 is 0. The van der Waals surface area contributed by atoms with Crippen molar-refractivity contribution >= 4 is 16.4 Å². The molecule has 0 saturated carbocycles. The smallest absolute Gasteiger partial charge is 0.398 e. The average Bonchev–Trinajstić information content (AvgIpc) is 3.01. The van der Waals surface area contributed by atoms with Crippen molar-refractivity contribution in [2.24, 2.45) is 5.92 Å². The van der Waals surface area contributed by atoms with Crippen molar-refractivity contribution in [1.82, 2.24) is 4.90 Å². The second-order valence-electron chi connectivity index (χ2n) is 8.23. The van der Waals surface area contributed by atoms with Gasteiger partial charge in [-0.25, -0.2) is 4.18 Å². The lowest BCUT2D eigenvalue weighted by Gasteiger charge is -2.56. The van der Waals surface area contributed by atoms with Crippen LogP contribution in [-0.4, -0.2) is 55.7 Å². The van der Waals surface area contributed by atoms with Gasteiger partial charge < -0.3 is 14.4 Å². The highest BCUT2D eigenvalue weighted by Crippen LogP contribution is 2.62. The van der Waals surface area contributed by atoms with Crippen molar-refractivity contribution in [3.63, 3.8) is 0 Å². The Kier molecular flexibility index (Phi) is 4.12.